The van der Waals surface area contributed by atoms with E-state index >= 15 is 0 Å². The Hall–Kier alpha value is -5.25. The minimum atomic E-state index is -6.13. The normalized spacial score (nSPS) is 13.8. The van der Waals surface area contributed by atoms with Crippen LogP contribution in [-0.4, -0.2) is 101 Å². The van der Waals surface area contributed by atoms with Crippen molar-refractivity contribution in [2.24, 2.45) is 11.7 Å². The zero-order chi connectivity index (χ0) is 83.1. The molecule has 7 aromatic carbocycles. The van der Waals surface area contributed by atoms with Gasteiger partial charge in [0.15, 0.2) is 0 Å². The van der Waals surface area contributed by atoms with Crippen LogP contribution in [-0.2, 0) is 76.0 Å². The van der Waals surface area contributed by atoms with E-state index in [-0.39, 0.29) is 40.8 Å². The number of hydrogen-bond acceptors (Lipinski definition) is 5. The largest absolute Gasteiger partial charge is 2.00 e. The van der Waals surface area contributed by atoms with Crippen molar-refractivity contribution in [3.05, 3.63) is 190 Å². The summed E-state index contributed by atoms with van der Waals surface area (Å²) in [6, 6.07) is 20.3. The van der Waals surface area contributed by atoms with Crippen LogP contribution in [0.25, 0.3) is 0 Å². The van der Waals surface area contributed by atoms with Crippen molar-refractivity contribution in [1.82, 2.24) is 4.90 Å². The summed E-state index contributed by atoms with van der Waals surface area (Å²) in [4.78, 5) is 2.52. The van der Waals surface area contributed by atoms with Crippen molar-refractivity contribution >= 4 is 92.0 Å². The summed E-state index contributed by atoms with van der Waals surface area (Å²) >= 11 is 0. The minimum Gasteiger partial charge on any atom is -0.382 e. The number of hydrogen-bond donors (Lipinski definition) is 2. The first kappa shape index (κ1) is 98.9. The zero-order valence-electron chi connectivity index (χ0n) is 62.1. The first-order chi connectivity index (χ1) is 50.2. The van der Waals surface area contributed by atoms with Crippen molar-refractivity contribution < 1.29 is 132 Å². The third-order valence-electron chi connectivity index (χ3n) is 17.4. The molecule has 8 rings (SSSR count). The predicted octanol–water partition coefficient (Wildman–Crippen LogP) is 18.2. The van der Waals surface area contributed by atoms with Gasteiger partial charge >= 0.3 is 66.5 Å². The van der Waals surface area contributed by atoms with Crippen LogP contribution in [0.5, 0.6) is 0 Å². The van der Waals surface area contributed by atoms with Gasteiger partial charge in [-0.25, -0.2) is 8.80 Å². The van der Waals surface area contributed by atoms with E-state index in [0.29, 0.717) is 22.6 Å². The maximum atomic E-state index is 14.2. The molecule has 35 heteroatoms. The van der Waals surface area contributed by atoms with Crippen LogP contribution < -0.4 is 65.0 Å². The summed E-state index contributed by atoms with van der Waals surface area (Å²) in [5.74, 6) is 8.00. The maximum Gasteiger partial charge on any atom is 2.00 e. The molecule has 0 radical (unpaired) electrons. The molecule has 1 fully saturated rings. The fourth-order valence-corrected chi connectivity index (χ4v) is 26.4. The third kappa shape index (κ3) is 26.1. The van der Waals surface area contributed by atoms with Gasteiger partial charge in [0.2, 0.25) is 0 Å². The molecule has 0 unspecified atom stereocenters. The SMILES string of the molecule is CC(C)P(c1ccccc1[Si-](c1ccccc1P1CCN(C)CC1)c1ccccc1P(C(C)C)C(C)C)C(C)C.CCOCC.CCOCC.FC(F)(F)c1cc([B-](c2cc(C(F)(F)F)cc(C(F)(F)F)c2)(c2cc(C(F)(F)F)cc(C(F)(F)F)c2)c2cc(C(F)(F)F)cc(C(F)(F)F)c2)cc(C(F)(F)F)c1.NN.[Fe+2]. The number of benzene rings is 7. The summed E-state index contributed by atoms with van der Waals surface area (Å²) < 4.78 is 350. The van der Waals surface area contributed by atoms with Gasteiger partial charge in [0.25, 0.3) is 0 Å². The number of halogens is 24. The van der Waals surface area contributed by atoms with Gasteiger partial charge in [-0.2, -0.15) is 143 Å². The molecule has 5 nitrogen and oxygen atoms in total. The Labute approximate surface area is 641 Å². The first-order valence-corrected chi connectivity index (χ1v) is 40.4. The van der Waals surface area contributed by atoms with Crippen molar-refractivity contribution in [3.63, 3.8) is 0 Å². The van der Waals surface area contributed by atoms with Crippen LogP contribution in [0.3, 0.4) is 0 Å². The summed E-state index contributed by atoms with van der Waals surface area (Å²) in [5.41, 5.74) is -27.5. The van der Waals surface area contributed by atoms with Crippen molar-refractivity contribution in [2.75, 3.05) is 58.9 Å². The van der Waals surface area contributed by atoms with Crippen LogP contribution >= 0.6 is 23.8 Å². The second-order valence-corrected chi connectivity index (χ2v) is 37.7. The smallest absolute Gasteiger partial charge is 0.382 e. The molecule has 1 heterocycles. The molecular formula is C75H87BF24FeN3O2P3Si. The van der Waals surface area contributed by atoms with Gasteiger partial charge in [0.1, 0.15) is 6.15 Å². The molecule has 0 bridgehead atoms. The molecular weight excluding hydrogens is 1620 g/mol. The van der Waals surface area contributed by atoms with Crippen molar-refractivity contribution in [2.45, 2.75) is 155 Å². The number of nitrogens with two attached hydrogens (primary N) is 2. The van der Waals surface area contributed by atoms with Gasteiger partial charge in [0.05, 0.1) is 44.5 Å². The van der Waals surface area contributed by atoms with Crippen LogP contribution in [0.1, 0.15) is 128 Å². The van der Waals surface area contributed by atoms with Gasteiger partial charge < -0.3 is 14.4 Å². The molecule has 0 atom stereocenters. The molecule has 1 aliphatic rings. The maximum absolute atomic E-state index is 14.2. The van der Waals surface area contributed by atoms with E-state index < -0.39 is 204 Å². The zero-order valence-corrected chi connectivity index (χ0v) is 66.9. The van der Waals surface area contributed by atoms with Crippen molar-refractivity contribution in [1.29, 1.82) is 0 Å². The Morgan fingerprint density at radius 1 is 0.364 bits per heavy atom. The quantitative estimate of drug-likeness (QED) is 0.0224. The number of alkyl halides is 24. The van der Waals surface area contributed by atoms with Gasteiger partial charge in [-0.15, -0.1) is 0 Å². The fraction of sp³-hybridized carbons (Fsp3) is 0.440. The van der Waals surface area contributed by atoms with Crippen LogP contribution in [0.2, 0.25) is 0 Å². The summed E-state index contributed by atoms with van der Waals surface area (Å²) in [6.07, 6.45) is -52.1. The molecule has 110 heavy (non-hydrogen) atoms. The Morgan fingerprint density at radius 2 is 0.573 bits per heavy atom. The van der Waals surface area contributed by atoms with E-state index in [1.165, 1.54) is 25.4 Å². The monoisotopic (exact) mass is 1710 g/mol. The van der Waals surface area contributed by atoms with Crippen LogP contribution in [0.4, 0.5) is 105 Å². The first-order valence-electron chi connectivity index (χ1n) is 34.2. The molecule has 0 spiro atoms. The van der Waals surface area contributed by atoms with Gasteiger partial charge in [-0.05, 0) is 94.0 Å². The number of hydrazine groups is 1. The predicted molar refractivity (Wildman–Crippen MR) is 394 cm³/mol. The van der Waals surface area contributed by atoms with Crippen LogP contribution in [0.15, 0.2) is 146 Å². The minimum absolute atomic E-state index is 0. The van der Waals surface area contributed by atoms with E-state index in [1.54, 1.807) is 31.5 Å². The Kier molecular flexibility index (Phi) is 36.7. The molecule has 4 N–H and O–H groups in total. The molecule has 0 saturated carbocycles. The number of rotatable bonds is 18. The molecule has 7 aromatic rings. The van der Waals surface area contributed by atoms with E-state index in [2.05, 4.69) is 152 Å². The fourth-order valence-electron chi connectivity index (χ4n) is 13.0. The second kappa shape index (κ2) is 40.9. The second-order valence-electron chi connectivity index (χ2n) is 26.2. The Morgan fingerprint density at radius 3 is 0.773 bits per heavy atom. The standard InChI is InChI=1S/C35H51NP3Si.C32H12BF24.2C4H10O.Fe.H4N2/c1-26(2)38(27(3)4)31-17-11-14-20-34(31)40(35-21-15-12-18-32(35)39(28(5)6)29(7)8)33-19-13-10-16-30(33)37-24-22-36(9)23-25-37;34-25(35,36)13-1-14(26(37,38)39)6-21(5-13)33(22-7-15(27(40,41)42)2-16(8-22)28(43,44)45,23-9-17(29(46,47)48)3-18(10-23)30(49,50)51)24-11-19(31(52,53)54)4-20(12-24)32(55,56)57;2*1-3-5-4-2;;1-2/h10-21,26-29H,22-25H2,1-9H3;1-12H;2*3-4H2,1-2H3;;1-2H2/q2*-1;;;+2;. The summed E-state index contributed by atoms with van der Waals surface area (Å²) in [5, 5.41) is 10.0. The van der Waals surface area contributed by atoms with Gasteiger partial charge in [-0.3, -0.25) is 11.7 Å². The molecule has 1 saturated heterocycles. The molecule has 1 aliphatic heterocycles. The third-order valence-corrected chi connectivity index (χ3v) is 29.9. The van der Waals surface area contributed by atoms with Crippen molar-refractivity contribution in [3.8, 4) is 0 Å². The van der Waals surface area contributed by atoms with Gasteiger partial charge in [-0.1, -0.05) is 216 Å². The van der Waals surface area contributed by atoms with Gasteiger partial charge in [0, 0.05) is 39.5 Å². The Balaban J connectivity index is 0.000000513. The summed E-state index contributed by atoms with van der Waals surface area (Å²) in [6.45, 7) is 33.4. The van der Waals surface area contributed by atoms with Crippen LogP contribution in [0, 0.1) is 0 Å². The molecule has 0 amide bonds. The van der Waals surface area contributed by atoms with E-state index in [1.807, 2.05) is 27.7 Å². The van der Waals surface area contributed by atoms with E-state index in [0.717, 1.165) is 26.4 Å². The Bertz CT molecular complexity index is 3500. The molecule has 612 valence electrons. The molecule has 0 aliphatic carbocycles. The van der Waals surface area contributed by atoms with E-state index in [9.17, 15) is 105 Å². The molecule has 0 aromatic heterocycles. The number of nitrogens with zero attached hydrogens (tertiary/aromatic N) is 1. The number of ether oxygens (including phenoxy) is 2. The summed E-state index contributed by atoms with van der Waals surface area (Å²) in [7, 11) is 0.428. The average molecular weight is 1710 g/mol. The average Bonchev–Trinajstić information content (AvgIpc) is 0.706. The van der Waals surface area contributed by atoms with E-state index in [4.69, 9.17) is 9.47 Å². The topological polar surface area (TPSA) is 73.7 Å².